The molecule has 0 fully saturated rings. The molecule has 2 aromatic carbocycles. The predicted molar refractivity (Wildman–Crippen MR) is 82.6 cm³/mol. The van der Waals surface area contributed by atoms with E-state index >= 15 is 0 Å². The summed E-state index contributed by atoms with van der Waals surface area (Å²) in [6, 6.07) is 13.9. The summed E-state index contributed by atoms with van der Waals surface area (Å²) in [5, 5.41) is 3.17. The monoisotopic (exact) mass is 289 g/mol. The van der Waals surface area contributed by atoms with E-state index in [9.17, 15) is 4.39 Å². The van der Waals surface area contributed by atoms with Gasteiger partial charge in [-0.3, -0.25) is 0 Å². The van der Waals surface area contributed by atoms with E-state index < -0.39 is 0 Å². The van der Waals surface area contributed by atoms with Crippen LogP contribution in [-0.4, -0.2) is 19.8 Å². The molecule has 2 aromatic rings. The lowest BCUT2D eigenvalue weighted by Gasteiger charge is -2.12. The molecule has 0 saturated carbocycles. The zero-order chi connectivity index (χ0) is 14.9. The Bertz CT molecular complexity index is 543. The van der Waals surface area contributed by atoms with E-state index in [4.69, 9.17) is 9.47 Å². The molecule has 0 aliphatic heterocycles. The molecule has 0 heterocycles. The molecule has 0 atom stereocenters. The molecule has 3 nitrogen and oxygen atoms in total. The number of hydrogen-bond acceptors (Lipinski definition) is 3. The number of para-hydroxylation sites is 2. The second-order valence-corrected chi connectivity index (χ2v) is 4.58. The maximum Gasteiger partial charge on any atom is 0.161 e. The number of hydrogen-bond donors (Lipinski definition) is 1. The molecule has 1 N–H and O–H groups in total. The maximum absolute atomic E-state index is 12.8. The van der Waals surface area contributed by atoms with Crippen LogP contribution in [0.4, 0.5) is 10.1 Å². The number of anilines is 1. The Morgan fingerprint density at radius 3 is 2.14 bits per heavy atom. The summed E-state index contributed by atoms with van der Waals surface area (Å²) in [5.41, 5.74) is 0.871. The maximum atomic E-state index is 12.8. The van der Waals surface area contributed by atoms with Gasteiger partial charge in [0.1, 0.15) is 12.4 Å². The van der Waals surface area contributed by atoms with Gasteiger partial charge in [0.05, 0.1) is 6.61 Å². The van der Waals surface area contributed by atoms with Gasteiger partial charge in [-0.15, -0.1) is 0 Å². The second-order valence-electron chi connectivity index (χ2n) is 4.58. The van der Waals surface area contributed by atoms with Crippen LogP contribution < -0.4 is 14.8 Å². The van der Waals surface area contributed by atoms with Gasteiger partial charge in [-0.2, -0.15) is 0 Å². The predicted octanol–water partition coefficient (Wildman–Crippen LogP) is 4.11. The molecule has 0 aromatic heterocycles. The van der Waals surface area contributed by atoms with E-state index in [0.29, 0.717) is 19.8 Å². The van der Waals surface area contributed by atoms with Crippen molar-refractivity contribution in [1.82, 2.24) is 0 Å². The van der Waals surface area contributed by atoms with Crippen molar-refractivity contribution in [1.29, 1.82) is 0 Å². The summed E-state index contributed by atoms with van der Waals surface area (Å²) >= 11 is 0. The van der Waals surface area contributed by atoms with Crippen LogP contribution in [0.1, 0.15) is 13.3 Å². The van der Waals surface area contributed by atoms with Crippen LogP contribution in [0.25, 0.3) is 0 Å². The number of benzene rings is 2. The standard InChI is InChI=1S/C17H20FNO2/c1-2-12-20-16-5-3-4-6-17(16)21-13-11-19-15-9-7-14(18)8-10-15/h3-10,19H,2,11-13H2,1H3. The Kier molecular flexibility index (Phi) is 5.88. The average molecular weight is 289 g/mol. The van der Waals surface area contributed by atoms with Crippen molar-refractivity contribution in [3.8, 4) is 11.5 Å². The van der Waals surface area contributed by atoms with Crippen molar-refractivity contribution in [2.45, 2.75) is 13.3 Å². The number of rotatable bonds is 8. The van der Waals surface area contributed by atoms with E-state index in [1.54, 1.807) is 12.1 Å². The van der Waals surface area contributed by atoms with Gasteiger partial charge in [0, 0.05) is 12.2 Å². The molecule has 112 valence electrons. The molecule has 0 aliphatic rings. The topological polar surface area (TPSA) is 30.5 Å². The lowest BCUT2D eigenvalue weighted by molar-refractivity contribution is 0.274. The van der Waals surface area contributed by atoms with E-state index in [2.05, 4.69) is 12.2 Å². The molecule has 0 radical (unpaired) electrons. The Balaban J connectivity index is 1.79. The van der Waals surface area contributed by atoms with Crippen LogP contribution >= 0.6 is 0 Å². The van der Waals surface area contributed by atoms with Crippen LogP contribution in [0.3, 0.4) is 0 Å². The van der Waals surface area contributed by atoms with Crippen LogP contribution in [0, 0.1) is 5.82 Å². The molecule has 4 heteroatoms. The minimum atomic E-state index is -0.237. The quantitative estimate of drug-likeness (QED) is 0.742. The van der Waals surface area contributed by atoms with E-state index in [0.717, 1.165) is 23.6 Å². The van der Waals surface area contributed by atoms with Gasteiger partial charge in [0.2, 0.25) is 0 Å². The van der Waals surface area contributed by atoms with Crippen molar-refractivity contribution >= 4 is 5.69 Å². The molecule has 0 bridgehead atoms. The summed E-state index contributed by atoms with van der Waals surface area (Å²) in [4.78, 5) is 0. The number of halogens is 1. The normalized spacial score (nSPS) is 10.2. The SMILES string of the molecule is CCCOc1ccccc1OCCNc1ccc(F)cc1. The van der Waals surface area contributed by atoms with Gasteiger partial charge < -0.3 is 14.8 Å². The summed E-state index contributed by atoms with van der Waals surface area (Å²) in [7, 11) is 0. The molecular weight excluding hydrogens is 269 g/mol. The van der Waals surface area contributed by atoms with Crippen molar-refractivity contribution < 1.29 is 13.9 Å². The highest BCUT2D eigenvalue weighted by atomic mass is 19.1. The lowest BCUT2D eigenvalue weighted by atomic mass is 10.3. The minimum absolute atomic E-state index is 0.237. The Hall–Kier alpha value is -2.23. The number of ether oxygens (including phenoxy) is 2. The Morgan fingerprint density at radius 2 is 1.52 bits per heavy atom. The van der Waals surface area contributed by atoms with Crippen molar-refractivity contribution in [3.63, 3.8) is 0 Å². The second kappa shape index (κ2) is 8.15. The average Bonchev–Trinajstić information content (AvgIpc) is 2.52. The third-order valence-corrected chi connectivity index (χ3v) is 2.84. The van der Waals surface area contributed by atoms with Crippen LogP contribution in [0.5, 0.6) is 11.5 Å². The molecule has 0 amide bonds. The molecule has 0 aliphatic carbocycles. The third kappa shape index (κ3) is 4.99. The highest BCUT2D eigenvalue weighted by Crippen LogP contribution is 2.26. The fourth-order valence-corrected chi connectivity index (χ4v) is 1.82. The summed E-state index contributed by atoms with van der Waals surface area (Å²) < 4.78 is 24.1. The highest BCUT2D eigenvalue weighted by Gasteiger charge is 2.03. The van der Waals surface area contributed by atoms with Crippen LogP contribution in [-0.2, 0) is 0 Å². The van der Waals surface area contributed by atoms with Crippen molar-refractivity contribution in [2.24, 2.45) is 0 Å². The smallest absolute Gasteiger partial charge is 0.161 e. The lowest BCUT2D eigenvalue weighted by Crippen LogP contribution is -2.12. The first-order chi connectivity index (χ1) is 10.3. The first kappa shape index (κ1) is 15.2. The molecule has 0 spiro atoms. The van der Waals surface area contributed by atoms with Gasteiger partial charge in [0.25, 0.3) is 0 Å². The van der Waals surface area contributed by atoms with E-state index in [-0.39, 0.29) is 5.82 Å². The van der Waals surface area contributed by atoms with Crippen molar-refractivity contribution in [3.05, 3.63) is 54.3 Å². The zero-order valence-electron chi connectivity index (χ0n) is 12.1. The molecular formula is C17H20FNO2. The Labute approximate surface area is 124 Å². The van der Waals surface area contributed by atoms with Gasteiger partial charge in [-0.1, -0.05) is 19.1 Å². The summed E-state index contributed by atoms with van der Waals surface area (Å²) in [5.74, 6) is 1.27. The summed E-state index contributed by atoms with van der Waals surface area (Å²) in [6.07, 6.45) is 0.959. The van der Waals surface area contributed by atoms with Gasteiger partial charge in [-0.05, 0) is 42.8 Å². The van der Waals surface area contributed by atoms with E-state index in [1.165, 1.54) is 12.1 Å². The van der Waals surface area contributed by atoms with Crippen LogP contribution in [0.2, 0.25) is 0 Å². The first-order valence-electron chi connectivity index (χ1n) is 7.13. The molecule has 2 rings (SSSR count). The molecule has 21 heavy (non-hydrogen) atoms. The van der Waals surface area contributed by atoms with Crippen LogP contribution in [0.15, 0.2) is 48.5 Å². The molecule has 0 unspecified atom stereocenters. The highest BCUT2D eigenvalue weighted by molar-refractivity contribution is 5.43. The summed E-state index contributed by atoms with van der Waals surface area (Å²) in [6.45, 7) is 3.88. The first-order valence-corrected chi connectivity index (χ1v) is 7.13. The van der Waals surface area contributed by atoms with Gasteiger partial charge in [0.15, 0.2) is 11.5 Å². The third-order valence-electron chi connectivity index (χ3n) is 2.84. The molecule has 0 saturated heterocycles. The largest absolute Gasteiger partial charge is 0.490 e. The van der Waals surface area contributed by atoms with Crippen molar-refractivity contribution in [2.75, 3.05) is 25.1 Å². The fraction of sp³-hybridized carbons (Fsp3) is 0.294. The Morgan fingerprint density at radius 1 is 0.905 bits per heavy atom. The van der Waals surface area contributed by atoms with Gasteiger partial charge >= 0.3 is 0 Å². The number of nitrogens with one attached hydrogen (secondary N) is 1. The van der Waals surface area contributed by atoms with E-state index in [1.807, 2.05) is 24.3 Å². The van der Waals surface area contributed by atoms with Gasteiger partial charge in [-0.25, -0.2) is 4.39 Å². The minimum Gasteiger partial charge on any atom is -0.490 e. The zero-order valence-corrected chi connectivity index (χ0v) is 12.1. The fourth-order valence-electron chi connectivity index (χ4n) is 1.82.